The average molecular weight is 323 g/mol. The van der Waals surface area contributed by atoms with Gasteiger partial charge in [-0.2, -0.15) is 0 Å². The van der Waals surface area contributed by atoms with Gasteiger partial charge in [0.15, 0.2) is 0 Å². The van der Waals surface area contributed by atoms with Gasteiger partial charge in [-0.05, 0) is 29.8 Å². The van der Waals surface area contributed by atoms with Crippen LogP contribution in [0.4, 0.5) is 5.69 Å². The lowest BCUT2D eigenvalue weighted by atomic mass is 10.2. The Morgan fingerprint density at radius 3 is 2.46 bits per heavy atom. The molecule has 3 rings (SSSR count). The first-order valence-corrected chi connectivity index (χ1v) is 7.87. The monoisotopic (exact) mass is 323 g/mol. The van der Waals surface area contributed by atoms with E-state index in [2.05, 4.69) is 22.3 Å². The van der Waals surface area contributed by atoms with E-state index >= 15 is 0 Å². The molecule has 0 saturated heterocycles. The Labute approximate surface area is 142 Å². The largest absolute Gasteiger partial charge is 0.497 e. The molecule has 0 atom stereocenters. The highest BCUT2D eigenvalue weighted by molar-refractivity contribution is 5.92. The van der Waals surface area contributed by atoms with E-state index in [1.54, 1.807) is 7.11 Å². The van der Waals surface area contributed by atoms with Gasteiger partial charge in [0, 0.05) is 24.6 Å². The molecule has 1 aliphatic heterocycles. The van der Waals surface area contributed by atoms with Crippen LogP contribution in [0.3, 0.4) is 0 Å². The van der Waals surface area contributed by atoms with Gasteiger partial charge in [-0.15, -0.1) is 0 Å². The number of rotatable bonds is 6. The number of carbonyl (C=O) groups excluding carboxylic acids is 1. The van der Waals surface area contributed by atoms with Gasteiger partial charge in [-0.3, -0.25) is 4.79 Å². The zero-order valence-corrected chi connectivity index (χ0v) is 13.7. The summed E-state index contributed by atoms with van der Waals surface area (Å²) in [6.07, 6.45) is 3.97. The van der Waals surface area contributed by atoms with E-state index in [-0.39, 0.29) is 5.91 Å². The zero-order valence-electron chi connectivity index (χ0n) is 13.7. The van der Waals surface area contributed by atoms with E-state index in [4.69, 9.17) is 4.74 Å². The second-order valence-corrected chi connectivity index (χ2v) is 5.70. The van der Waals surface area contributed by atoms with Crippen LogP contribution >= 0.6 is 0 Å². The molecule has 1 N–H and O–H groups in total. The summed E-state index contributed by atoms with van der Waals surface area (Å²) in [5, 5.41) is 2.90. The van der Waals surface area contributed by atoms with Gasteiger partial charge >= 0.3 is 0 Å². The quantitative estimate of drug-likeness (QED) is 0.888. The smallest absolute Gasteiger partial charge is 0.243 e. The average Bonchev–Trinajstić information content (AvgIpc) is 3.03. The molecule has 1 aliphatic rings. The molecule has 124 valence electrons. The van der Waals surface area contributed by atoms with Gasteiger partial charge in [0.1, 0.15) is 5.75 Å². The van der Waals surface area contributed by atoms with Crippen LogP contribution in [-0.4, -0.2) is 36.0 Å². The maximum Gasteiger partial charge on any atom is 0.243 e. The van der Waals surface area contributed by atoms with Gasteiger partial charge < -0.3 is 19.9 Å². The number of carbonyl (C=O) groups is 1. The van der Waals surface area contributed by atoms with Crippen LogP contribution in [0.2, 0.25) is 0 Å². The summed E-state index contributed by atoms with van der Waals surface area (Å²) in [5.74, 6) is 0.840. The number of para-hydroxylation sites is 1. The van der Waals surface area contributed by atoms with Crippen LogP contribution in [0, 0.1) is 0 Å². The normalized spacial score (nSPS) is 13.2. The summed E-state index contributed by atoms with van der Waals surface area (Å²) in [6, 6.07) is 17.5. The van der Waals surface area contributed by atoms with Gasteiger partial charge in [0.25, 0.3) is 0 Å². The van der Waals surface area contributed by atoms with E-state index in [9.17, 15) is 4.79 Å². The number of ether oxygens (including phenoxy) is 1. The molecule has 5 nitrogen and oxygen atoms in total. The first-order chi connectivity index (χ1) is 11.7. The van der Waals surface area contributed by atoms with Crippen LogP contribution in [0.15, 0.2) is 67.0 Å². The Kier molecular flexibility index (Phi) is 5.01. The molecular weight excluding hydrogens is 302 g/mol. The number of hydrogen-bond acceptors (Lipinski definition) is 4. The summed E-state index contributed by atoms with van der Waals surface area (Å²) in [5.41, 5.74) is 2.02. The van der Waals surface area contributed by atoms with Crippen molar-refractivity contribution < 1.29 is 9.53 Å². The van der Waals surface area contributed by atoms with Crippen molar-refractivity contribution in [1.29, 1.82) is 0 Å². The number of nitrogens with one attached hydrogen (secondary N) is 1. The van der Waals surface area contributed by atoms with Crippen LogP contribution in [0.5, 0.6) is 5.75 Å². The number of anilines is 1. The number of benzene rings is 2. The van der Waals surface area contributed by atoms with E-state index < -0.39 is 0 Å². The van der Waals surface area contributed by atoms with Crippen LogP contribution in [0.1, 0.15) is 5.56 Å². The van der Waals surface area contributed by atoms with Crippen molar-refractivity contribution in [3.63, 3.8) is 0 Å². The van der Waals surface area contributed by atoms with Crippen LogP contribution < -0.4 is 10.1 Å². The topological polar surface area (TPSA) is 44.8 Å². The van der Waals surface area contributed by atoms with Crippen molar-refractivity contribution in [1.82, 2.24) is 9.80 Å². The molecule has 1 heterocycles. The molecular formula is C19H21N3O2. The highest BCUT2D eigenvalue weighted by Crippen LogP contribution is 2.16. The van der Waals surface area contributed by atoms with E-state index in [0.29, 0.717) is 13.2 Å². The second-order valence-electron chi connectivity index (χ2n) is 5.70. The van der Waals surface area contributed by atoms with Crippen molar-refractivity contribution in [2.45, 2.75) is 6.54 Å². The molecule has 1 amide bonds. The lowest BCUT2D eigenvalue weighted by Crippen LogP contribution is -2.32. The van der Waals surface area contributed by atoms with Crippen molar-refractivity contribution >= 4 is 11.6 Å². The van der Waals surface area contributed by atoms with E-state index in [1.807, 2.05) is 59.8 Å². The number of hydrogen-bond donors (Lipinski definition) is 1. The summed E-state index contributed by atoms with van der Waals surface area (Å²) < 4.78 is 5.17. The summed E-state index contributed by atoms with van der Waals surface area (Å²) >= 11 is 0. The number of nitrogens with zero attached hydrogens (tertiary/aromatic N) is 2. The Balaban J connectivity index is 1.46. The third-order valence-corrected chi connectivity index (χ3v) is 3.80. The zero-order chi connectivity index (χ0) is 16.8. The van der Waals surface area contributed by atoms with Gasteiger partial charge in [0.2, 0.25) is 5.91 Å². The molecule has 0 spiro atoms. The minimum Gasteiger partial charge on any atom is -0.497 e. The van der Waals surface area contributed by atoms with Gasteiger partial charge in [0.05, 0.1) is 20.3 Å². The highest BCUT2D eigenvalue weighted by Gasteiger charge is 2.15. The predicted octanol–water partition coefficient (Wildman–Crippen LogP) is 2.88. The summed E-state index contributed by atoms with van der Waals surface area (Å²) in [6.45, 7) is 1.84. The van der Waals surface area contributed by atoms with Crippen molar-refractivity contribution in [3.05, 3.63) is 72.6 Å². The lowest BCUT2D eigenvalue weighted by molar-refractivity contribution is -0.116. The predicted molar refractivity (Wildman–Crippen MR) is 94.3 cm³/mol. The molecule has 0 aromatic heterocycles. The first kappa shape index (κ1) is 15.9. The third-order valence-electron chi connectivity index (χ3n) is 3.80. The van der Waals surface area contributed by atoms with Crippen LogP contribution in [0.25, 0.3) is 0 Å². The van der Waals surface area contributed by atoms with Crippen molar-refractivity contribution in [2.75, 3.05) is 25.6 Å². The maximum atomic E-state index is 12.1. The highest BCUT2D eigenvalue weighted by atomic mass is 16.5. The van der Waals surface area contributed by atoms with Crippen molar-refractivity contribution in [2.24, 2.45) is 0 Å². The van der Waals surface area contributed by atoms with Crippen molar-refractivity contribution in [3.8, 4) is 5.75 Å². The Bertz CT molecular complexity index is 698. The minimum absolute atomic E-state index is 0.0165. The molecule has 2 aromatic carbocycles. The molecule has 0 aliphatic carbocycles. The maximum absolute atomic E-state index is 12.1. The minimum atomic E-state index is -0.0165. The molecule has 24 heavy (non-hydrogen) atoms. The third kappa shape index (κ3) is 4.29. The molecule has 0 unspecified atom stereocenters. The second kappa shape index (κ2) is 7.55. The fourth-order valence-corrected chi connectivity index (χ4v) is 2.59. The fraction of sp³-hybridized carbons (Fsp3) is 0.211. The van der Waals surface area contributed by atoms with Gasteiger partial charge in [-0.1, -0.05) is 30.3 Å². The molecule has 0 fully saturated rings. The molecule has 2 aromatic rings. The molecule has 0 bridgehead atoms. The Morgan fingerprint density at radius 1 is 1.04 bits per heavy atom. The first-order valence-electron chi connectivity index (χ1n) is 7.87. The Hall–Kier alpha value is -2.95. The van der Waals surface area contributed by atoms with Gasteiger partial charge in [-0.25, -0.2) is 0 Å². The van der Waals surface area contributed by atoms with E-state index in [0.717, 1.165) is 18.0 Å². The number of methoxy groups -OCH3 is 1. The standard InChI is InChI=1S/C19H21N3O2/c1-24-18-9-7-16(8-10-18)13-21-11-12-22(15-21)14-19(23)20-17-5-3-2-4-6-17/h2-12H,13-15H2,1H3,(H,20,23). The molecule has 0 radical (unpaired) electrons. The molecule has 5 heteroatoms. The lowest BCUT2D eigenvalue weighted by Gasteiger charge is -2.21. The summed E-state index contributed by atoms with van der Waals surface area (Å²) in [7, 11) is 1.66. The number of amides is 1. The fourth-order valence-electron chi connectivity index (χ4n) is 2.59. The SMILES string of the molecule is COc1ccc(CN2C=CN(CC(=O)Nc3ccccc3)C2)cc1. The Morgan fingerprint density at radius 2 is 1.75 bits per heavy atom. The van der Waals surface area contributed by atoms with E-state index in [1.165, 1.54) is 5.56 Å². The summed E-state index contributed by atoms with van der Waals surface area (Å²) in [4.78, 5) is 16.2. The van der Waals surface area contributed by atoms with Crippen LogP contribution in [-0.2, 0) is 11.3 Å². The molecule has 0 saturated carbocycles.